The van der Waals surface area contributed by atoms with E-state index in [-0.39, 0.29) is 10.8 Å². The quantitative estimate of drug-likeness (QED) is 0.935. The average Bonchev–Trinajstić information content (AvgIpc) is 2.96. The number of hydrogen-bond acceptors (Lipinski definition) is 4. The van der Waals surface area contributed by atoms with E-state index in [9.17, 15) is 9.59 Å². The standard InChI is InChI=1S/C17H17NO4S/c1-22-12-6-5-11-4-2-3-9-18(13(11)10-12)16(19)14-7-8-15(23-14)17(20)21/h5-8,10H,2-4,9H2,1H3,(H,20,21). The normalized spacial score (nSPS) is 14.0. The van der Waals surface area contributed by atoms with E-state index >= 15 is 0 Å². The summed E-state index contributed by atoms with van der Waals surface area (Å²) in [4.78, 5) is 26.2. The number of carbonyl (C=O) groups is 2. The molecular formula is C17H17NO4S. The van der Waals surface area contributed by atoms with Gasteiger partial charge in [-0.15, -0.1) is 11.3 Å². The Balaban J connectivity index is 1.98. The Hall–Kier alpha value is -2.34. The lowest BCUT2D eigenvalue weighted by Crippen LogP contribution is -2.31. The van der Waals surface area contributed by atoms with Crippen LogP contribution >= 0.6 is 11.3 Å². The molecule has 120 valence electrons. The first-order valence-electron chi connectivity index (χ1n) is 7.42. The zero-order valence-electron chi connectivity index (χ0n) is 12.7. The summed E-state index contributed by atoms with van der Waals surface area (Å²) in [5, 5.41) is 9.03. The Bertz CT molecular complexity index is 753. The lowest BCUT2D eigenvalue weighted by molar-refractivity contribution is 0.0702. The number of carboxylic acids is 1. The molecule has 6 heteroatoms. The maximum Gasteiger partial charge on any atom is 0.345 e. The molecular weight excluding hydrogens is 314 g/mol. The van der Waals surface area contributed by atoms with Crippen LogP contribution in [0.25, 0.3) is 0 Å². The first kappa shape index (κ1) is 15.6. The summed E-state index contributed by atoms with van der Waals surface area (Å²) in [6, 6.07) is 8.84. The SMILES string of the molecule is COc1ccc2c(c1)N(C(=O)c1ccc(C(=O)O)s1)CCCC2. The highest BCUT2D eigenvalue weighted by atomic mass is 32.1. The lowest BCUT2D eigenvalue weighted by atomic mass is 10.1. The fourth-order valence-electron chi connectivity index (χ4n) is 2.75. The van der Waals surface area contributed by atoms with Gasteiger partial charge in [0.2, 0.25) is 0 Å². The zero-order chi connectivity index (χ0) is 16.4. The van der Waals surface area contributed by atoms with Crippen LogP contribution in [0.5, 0.6) is 5.75 Å². The fourth-order valence-corrected chi connectivity index (χ4v) is 3.54. The summed E-state index contributed by atoms with van der Waals surface area (Å²) >= 11 is 1.01. The van der Waals surface area contributed by atoms with E-state index in [1.807, 2.05) is 18.2 Å². The van der Waals surface area contributed by atoms with E-state index < -0.39 is 5.97 Å². The molecule has 2 heterocycles. The van der Waals surface area contributed by atoms with Crippen LogP contribution in [0, 0.1) is 0 Å². The van der Waals surface area contributed by atoms with E-state index in [0.717, 1.165) is 41.9 Å². The molecule has 0 bridgehead atoms. The van der Waals surface area contributed by atoms with Crippen LogP contribution in [0.1, 0.15) is 37.7 Å². The van der Waals surface area contributed by atoms with E-state index in [2.05, 4.69) is 0 Å². The topological polar surface area (TPSA) is 66.8 Å². The van der Waals surface area contributed by atoms with Gasteiger partial charge in [-0.05, 0) is 43.0 Å². The summed E-state index contributed by atoms with van der Waals surface area (Å²) in [6.45, 7) is 0.624. The number of anilines is 1. The molecule has 0 saturated heterocycles. The van der Waals surface area contributed by atoms with Gasteiger partial charge in [-0.3, -0.25) is 4.79 Å². The predicted molar refractivity (Wildman–Crippen MR) is 88.9 cm³/mol. The Morgan fingerprint density at radius 1 is 1.17 bits per heavy atom. The van der Waals surface area contributed by atoms with E-state index in [4.69, 9.17) is 9.84 Å². The van der Waals surface area contributed by atoms with Gasteiger partial charge >= 0.3 is 5.97 Å². The number of aromatic carboxylic acids is 1. The number of methoxy groups -OCH3 is 1. The summed E-state index contributed by atoms with van der Waals surface area (Å²) in [7, 11) is 1.60. The third-order valence-electron chi connectivity index (χ3n) is 3.93. The highest BCUT2D eigenvalue weighted by Crippen LogP contribution is 2.32. The number of amides is 1. The van der Waals surface area contributed by atoms with Crippen LogP contribution in [0.15, 0.2) is 30.3 Å². The Labute approximate surface area is 138 Å². The van der Waals surface area contributed by atoms with Gasteiger partial charge in [0.25, 0.3) is 5.91 Å². The number of fused-ring (bicyclic) bond motifs is 1. The summed E-state index contributed by atoms with van der Waals surface area (Å²) in [5.74, 6) is -0.452. The molecule has 0 saturated carbocycles. The number of carbonyl (C=O) groups excluding carboxylic acids is 1. The van der Waals surface area contributed by atoms with Crippen LogP contribution < -0.4 is 9.64 Å². The summed E-state index contributed by atoms with van der Waals surface area (Å²) in [5.41, 5.74) is 1.98. The lowest BCUT2D eigenvalue weighted by Gasteiger charge is -2.23. The van der Waals surface area contributed by atoms with Crippen molar-refractivity contribution < 1.29 is 19.4 Å². The van der Waals surface area contributed by atoms with Crippen molar-refractivity contribution >= 4 is 28.9 Å². The monoisotopic (exact) mass is 331 g/mol. The maximum atomic E-state index is 12.9. The van der Waals surface area contributed by atoms with Crippen LogP contribution in [0.2, 0.25) is 0 Å². The average molecular weight is 331 g/mol. The Morgan fingerprint density at radius 2 is 1.96 bits per heavy atom. The molecule has 1 aromatic carbocycles. The first-order valence-corrected chi connectivity index (χ1v) is 8.23. The molecule has 1 N–H and O–H groups in total. The van der Waals surface area contributed by atoms with Crippen molar-refractivity contribution in [2.24, 2.45) is 0 Å². The molecule has 1 aliphatic rings. The number of rotatable bonds is 3. The number of hydrogen-bond donors (Lipinski definition) is 1. The first-order chi connectivity index (χ1) is 11.1. The Kier molecular flexibility index (Phi) is 4.34. The van der Waals surface area contributed by atoms with Crippen molar-refractivity contribution in [3.05, 3.63) is 45.6 Å². The smallest absolute Gasteiger partial charge is 0.345 e. The molecule has 1 amide bonds. The molecule has 1 aliphatic heterocycles. The molecule has 0 spiro atoms. The van der Waals surface area contributed by atoms with Gasteiger partial charge in [-0.2, -0.15) is 0 Å². The molecule has 2 aromatic rings. The molecule has 0 radical (unpaired) electrons. The fraction of sp³-hybridized carbons (Fsp3) is 0.294. The van der Waals surface area contributed by atoms with Crippen LogP contribution in [0.4, 0.5) is 5.69 Å². The molecule has 0 unspecified atom stereocenters. The number of carboxylic acid groups (broad SMARTS) is 1. The minimum Gasteiger partial charge on any atom is -0.497 e. The van der Waals surface area contributed by atoms with E-state index in [1.54, 1.807) is 18.1 Å². The van der Waals surface area contributed by atoms with Gasteiger partial charge < -0.3 is 14.7 Å². The predicted octanol–water partition coefficient (Wildman–Crippen LogP) is 3.44. The van der Waals surface area contributed by atoms with Crippen LogP contribution in [-0.4, -0.2) is 30.6 Å². The summed E-state index contributed by atoms with van der Waals surface area (Å²) in [6.07, 6.45) is 2.86. The number of aryl methyl sites for hydroxylation is 1. The second kappa shape index (κ2) is 6.42. The molecule has 3 rings (SSSR count). The van der Waals surface area contributed by atoms with E-state index in [0.29, 0.717) is 17.2 Å². The highest BCUT2D eigenvalue weighted by molar-refractivity contribution is 7.16. The number of ether oxygens (including phenoxy) is 1. The molecule has 0 aliphatic carbocycles. The van der Waals surface area contributed by atoms with Gasteiger partial charge in [-0.25, -0.2) is 4.79 Å². The third kappa shape index (κ3) is 3.07. The van der Waals surface area contributed by atoms with Gasteiger partial charge in [0.05, 0.1) is 17.7 Å². The summed E-state index contributed by atoms with van der Waals surface area (Å²) < 4.78 is 5.28. The second-order valence-corrected chi connectivity index (χ2v) is 6.46. The number of benzene rings is 1. The second-order valence-electron chi connectivity index (χ2n) is 5.38. The van der Waals surface area contributed by atoms with Gasteiger partial charge in [0, 0.05) is 12.6 Å². The largest absolute Gasteiger partial charge is 0.497 e. The molecule has 23 heavy (non-hydrogen) atoms. The van der Waals surface area contributed by atoms with Crippen molar-refractivity contribution in [3.63, 3.8) is 0 Å². The van der Waals surface area contributed by atoms with Crippen molar-refractivity contribution in [3.8, 4) is 5.75 Å². The van der Waals surface area contributed by atoms with Gasteiger partial charge in [0.15, 0.2) is 0 Å². The third-order valence-corrected chi connectivity index (χ3v) is 5.00. The van der Waals surface area contributed by atoms with Crippen molar-refractivity contribution in [2.75, 3.05) is 18.6 Å². The highest BCUT2D eigenvalue weighted by Gasteiger charge is 2.24. The molecule has 5 nitrogen and oxygen atoms in total. The minimum atomic E-state index is -1.01. The van der Waals surface area contributed by atoms with Crippen LogP contribution in [-0.2, 0) is 6.42 Å². The van der Waals surface area contributed by atoms with Crippen molar-refractivity contribution in [1.29, 1.82) is 0 Å². The Morgan fingerprint density at radius 3 is 2.65 bits per heavy atom. The van der Waals surface area contributed by atoms with E-state index in [1.165, 1.54) is 6.07 Å². The van der Waals surface area contributed by atoms with Gasteiger partial charge in [-0.1, -0.05) is 6.07 Å². The van der Waals surface area contributed by atoms with Crippen molar-refractivity contribution in [1.82, 2.24) is 0 Å². The molecule has 0 fully saturated rings. The van der Waals surface area contributed by atoms with Crippen LogP contribution in [0.3, 0.4) is 0 Å². The minimum absolute atomic E-state index is 0.154. The van der Waals surface area contributed by atoms with Gasteiger partial charge in [0.1, 0.15) is 10.6 Å². The molecule has 0 atom stereocenters. The number of nitrogens with zero attached hydrogens (tertiary/aromatic N) is 1. The maximum absolute atomic E-state index is 12.9. The molecule has 1 aromatic heterocycles. The van der Waals surface area contributed by atoms with Crippen molar-refractivity contribution in [2.45, 2.75) is 19.3 Å². The zero-order valence-corrected chi connectivity index (χ0v) is 13.6. The number of thiophene rings is 1.